The van der Waals surface area contributed by atoms with Crippen molar-refractivity contribution in [2.24, 2.45) is 5.73 Å². The van der Waals surface area contributed by atoms with Crippen molar-refractivity contribution in [2.45, 2.75) is 6.04 Å². The summed E-state index contributed by atoms with van der Waals surface area (Å²) in [4.78, 5) is 9.76. The number of nitrogens with two attached hydrogens (primary N) is 1. The largest absolute Gasteiger partial charge is 0.480 e. The first kappa shape index (κ1) is 15.4. The van der Waals surface area contributed by atoms with Crippen LogP contribution in [0, 0.1) is 0 Å². The molecule has 4 heteroatoms. The molecule has 0 spiro atoms. The van der Waals surface area contributed by atoms with Gasteiger partial charge >= 0.3 is 5.97 Å². The maximum atomic E-state index is 9.76. The summed E-state index contributed by atoms with van der Waals surface area (Å²) in [6.07, 6.45) is 0. The molecule has 1 unspecified atom stereocenters. The Morgan fingerprint density at radius 2 is 1.38 bits per heavy atom. The molecule has 0 bridgehead atoms. The van der Waals surface area contributed by atoms with Gasteiger partial charge in [-0.15, -0.1) is 0 Å². The van der Waals surface area contributed by atoms with Crippen molar-refractivity contribution in [3.8, 4) is 0 Å². The van der Waals surface area contributed by atoms with Gasteiger partial charge in [-0.2, -0.15) is 12.6 Å². The van der Waals surface area contributed by atoms with E-state index < -0.39 is 12.0 Å². The fraction of sp³-hybridized carbons (Fsp3) is 0.118. The van der Waals surface area contributed by atoms with Crippen molar-refractivity contribution < 1.29 is 9.90 Å². The molecule has 108 valence electrons. The molecule has 21 heavy (non-hydrogen) atoms. The summed E-state index contributed by atoms with van der Waals surface area (Å²) < 4.78 is 0. The first-order chi connectivity index (χ1) is 10.1. The third-order valence-corrected chi connectivity index (χ3v) is 3.56. The number of aliphatic carboxylic acids is 1. The molecule has 3 rings (SSSR count). The van der Waals surface area contributed by atoms with E-state index in [1.807, 2.05) is 0 Å². The fourth-order valence-corrected chi connectivity index (χ4v) is 2.19. The van der Waals surface area contributed by atoms with Crippen LogP contribution >= 0.6 is 12.6 Å². The first-order valence-electron chi connectivity index (χ1n) is 6.59. The molecule has 0 aromatic heterocycles. The third kappa shape index (κ3) is 3.74. The lowest BCUT2D eigenvalue weighted by Crippen LogP contribution is -2.31. The molecule has 0 aliphatic heterocycles. The van der Waals surface area contributed by atoms with Gasteiger partial charge in [0, 0.05) is 5.75 Å². The minimum Gasteiger partial charge on any atom is -0.480 e. The highest BCUT2D eigenvalue weighted by Gasteiger charge is 2.06. The molecule has 0 aliphatic carbocycles. The second-order valence-electron chi connectivity index (χ2n) is 4.64. The van der Waals surface area contributed by atoms with Gasteiger partial charge < -0.3 is 10.8 Å². The number of carboxylic acid groups (broad SMARTS) is 1. The smallest absolute Gasteiger partial charge is 0.321 e. The molecule has 3 nitrogen and oxygen atoms in total. The van der Waals surface area contributed by atoms with E-state index in [9.17, 15) is 4.79 Å². The zero-order chi connectivity index (χ0) is 15.2. The van der Waals surface area contributed by atoms with Crippen LogP contribution in [-0.4, -0.2) is 22.9 Å². The zero-order valence-corrected chi connectivity index (χ0v) is 12.3. The second-order valence-corrected chi connectivity index (χ2v) is 5.00. The van der Waals surface area contributed by atoms with Crippen LogP contribution in [0.3, 0.4) is 0 Å². The van der Waals surface area contributed by atoms with E-state index in [-0.39, 0.29) is 5.75 Å². The number of carboxylic acids is 1. The van der Waals surface area contributed by atoms with E-state index >= 15 is 0 Å². The van der Waals surface area contributed by atoms with Crippen LogP contribution in [0.15, 0.2) is 60.7 Å². The molecule has 0 saturated carbocycles. The lowest BCUT2D eigenvalue weighted by Gasteiger charge is -2.02. The Labute approximate surface area is 128 Å². The Morgan fingerprint density at radius 3 is 1.71 bits per heavy atom. The van der Waals surface area contributed by atoms with Crippen molar-refractivity contribution >= 4 is 40.1 Å². The molecule has 0 amide bonds. The van der Waals surface area contributed by atoms with Gasteiger partial charge in [-0.05, 0) is 21.5 Å². The molecule has 0 saturated heterocycles. The summed E-state index contributed by atoms with van der Waals surface area (Å²) in [5.74, 6) is -0.815. The van der Waals surface area contributed by atoms with Crippen molar-refractivity contribution in [3.05, 3.63) is 60.7 Å². The number of benzene rings is 3. The van der Waals surface area contributed by atoms with Crippen LogP contribution in [-0.2, 0) is 4.79 Å². The van der Waals surface area contributed by atoms with Crippen molar-refractivity contribution in [1.29, 1.82) is 0 Å². The fourth-order valence-electron chi connectivity index (χ4n) is 2.03. The van der Waals surface area contributed by atoms with E-state index in [2.05, 4.69) is 73.3 Å². The number of rotatable bonds is 2. The summed E-state index contributed by atoms with van der Waals surface area (Å²) in [5, 5.41) is 13.3. The lowest BCUT2D eigenvalue weighted by molar-refractivity contribution is -0.137. The molecule has 0 heterocycles. The topological polar surface area (TPSA) is 63.3 Å². The van der Waals surface area contributed by atoms with Gasteiger partial charge in [0.05, 0.1) is 0 Å². The third-order valence-electron chi connectivity index (χ3n) is 3.17. The van der Waals surface area contributed by atoms with Gasteiger partial charge in [0.1, 0.15) is 6.04 Å². The molecule has 3 aromatic rings. The van der Waals surface area contributed by atoms with Gasteiger partial charge in [0.2, 0.25) is 0 Å². The predicted molar refractivity (Wildman–Crippen MR) is 90.9 cm³/mol. The molecule has 1 atom stereocenters. The van der Waals surface area contributed by atoms with E-state index in [0.717, 1.165) is 0 Å². The minimum absolute atomic E-state index is 0.190. The highest BCUT2D eigenvalue weighted by Crippen LogP contribution is 2.24. The van der Waals surface area contributed by atoms with E-state index in [1.54, 1.807) is 0 Å². The van der Waals surface area contributed by atoms with Crippen molar-refractivity contribution in [3.63, 3.8) is 0 Å². The number of hydrogen-bond donors (Lipinski definition) is 3. The summed E-state index contributed by atoms with van der Waals surface area (Å²) in [6, 6.07) is 20.6. The highest BCUT2D eigenvalue weighted by atomic mass is 32.1. The first-order valence-corrected chi connectivity index (χ1v) is 7.22. The summed E-state index contributed by atoms with van der Waals surface area (Å²) in [6.45, 7) is 0. The van der Waals surface area contributed by atoms with Crippen LogP contribution in [0.4, 0.5) is 0 Å². The Kier molecular flexibility index (Phi) is 5.20. The SMILES string of the molecule is NC(CS)C(=O)O.c1ccc2c(c1)ccc1ccccc12. The standard InChI is InChI=1S/C14H10.C3H7NO2S/c1-3-7-13-11(5-1)9-10-12-6-2-4-8-14(12)13;4-2(1-7)3(5)6/h1-10H;2,7H,1,4H2,(H,5,6). The van der Waals surface area contributed by atoms with Gasteiger partial charge in [0.25, 0.3) is 0 Å². The second kappa shape index (κ2) is 7.11. The maximum Gasteiger partial charge on any atom is 0.321 e. The van der Waals surface area contributed by atoms with Crippen molar-refractivity contribution in [1.82, 2.24) is 0 Å². The monoisotopic (exact) mass is 299 g/mol. The van der Waals surface area contributed by atoms with Gasteiger partial charge in [-0.1, -0.05) is 60.7 Å². The minimum atomic E-state index is -1.00. The molecule has 0 fully saturated rings. The Bertz CT molecular complexity index is 703. The quantitative estimate of drug-likeness (QED) is 0.502. The van der Waals surface area contributed by atoms with Crippen LogP contribution in [0.2, 0.25) is 0 Å². The zero-order valence-electron chi connectivity index (χ0n) is 11.4. The van der Waals surface area contributed by atoms with E-state index in [4.69, 9.17) is 10.8 Å². The van der Waals surface area contributed by atoms with Gasteiger partial charge in [-0.3, -0.25) is 4.79 Å². The molecule has 0 aliphatic rings. The average Bonchev–Trinajstić information content (AvgIpc) is 2.54. The summed E-state index contributed by atoms with van der Waals surface area (Å²) >= 11 is 3.65. The lowest BCUT2D eigenvalue weighted by atomic mass is 10.0. The average molecular weight is 299 g/mol. The molecule has 3 N–H and O–H groups in total. The number of carbonyl (C=O) groups is 1. The van der Waals surface area contributed by atoms with Crippen LogP contribution in [0.25, 0.3) is 21.5 Å². The van der Waals surface area contributed by atoms with Crippen molar-refractivity contribution in [2.75, 3.05) is 5.75 Å². The van der Waals surface area contributed by atoms with Crippen LogP contribution in [0.5, 0.6) is 0 Å². The normalized spacial score (nSPS) is 11.7. The van der Waals surface area contributed by atoms with Gasteiger partial charge in [0.15, 0.2) is 0 Å². The number of thiol groups is 1. The van der Waals surface area contributed by atoms with Crippen LogP contribution in [0.1, 0.15) is 0 Å². The molecular weight excluding hydrogens is 282 g/mol. The van der Waals surface area contributed by atoms with E-state index in [0.29, 0.717) is 0 Å². The summed E-state index contributed by atoms with van der Waals surface area (Å²) in [7, 11) is 0. The van der Waals surface area contributed by atoms with E-state index in [1.165, 1.54) is 21.5 Å². The Hall–Kier alpha value is -2.04. The Balaban J connectivity index is 0.000000199. The van der Waals surface area contributed by atoms with Gasteiger partial charge in [-0.25, -0.2) is 0 Å². The number of fused-ring (bicyclic) bond motifs is 3. The number of hydrogen-bond acceptors (Lipinski definition) is 3. The molecule has 0 radical (unpaired) electrons. The maximum absolute atomic E-state index is 9.76. The molecular formula is C17H17NO2S. The predicted octanol–water partition coefficient (Wildman–Crippen LogP) is 3.32. The Morgan fingerprint density at radius 1 is 0.952 bits per heavy atom. The van der Waals surface area contributed by atoms with Crippen LogP contribution < -0.4 is 5.73 Å². The summed E-state index contributed by atoms with van der Waals surface area (Å²) in [5.41, 5.74) is 4.94. The highest BCUT2D eigenvalue weighted by molar-refractivity contribution is 7.80. The molecule has 3 aromatic carbocycles.